The lowest BCUT2D eigenvalue weighted by atomic mass is 9.88. The molecular formula is C22H18ClNO6S. The zero-order chi connectivity index (χ0) is 22.3. The predicted octanol–water partition coefficient (Wildman–Crippen LogP) is 4.96. The van der Waals surface area contributed by atoms with Crippen molar-refractivity contribution in [3.8, 4) is 28.4 Å². The van der Waals surface area contributed by atoms with Crippen LogP contribution in [-0.2, 0) is 4.79 Å². The standard InChI is InChI=1S/C22H18ClNO6S/c1-29-14-7-11(8-15(30-2)19(14)26)13-9-16(25)24-18-17(10-3-5-12(23)6-4-10)21(22(27)28)31-20(13)18/h3-8,13,26H,9H2,1-2H3,(H,24,25)(H,27,28). The van der Waals surface area contributed by atoms with Crippen LogP contribution in [0.3, 0.4) is 0 Å². The molecule has 1 unspecified atom stereocenters. The molecule has 0 fully saturated rings. The van der Waals surface area contributed by atoms with Crippen molar-refractivity contribution in [3.05, 3.63) is 56.7 Å². The summed E-state index contributed by atoms with van der Waals surface area (Å²) < 4.78 is 10.5. The van der Waals surface area contributed by atoms with Crippen LogP contribution in [0.4, 0.5) is 5.69 Å². The molecule has 1 aromatic heterocycles. The Balaban J connectivity index is 1.94. The second-order valence-electron chi connectivity index (χ2n) is 6.94. The predicted molar refractivity (Wildman–Crippen MR) is 118 cm³/mol. The topological polar surface area (TPSA) is 105 Å². The maximum atomic E-state index is 12.6. The van der Waals surface area contributed by atoms with Gasteiger partial charge in [-0.2, -0.15) is 0 Å². The van der Waals surface area contributed by atoms with Crippen LogP contribution in [-0.4, -0.2) is 36.3 Å². The van der Waals surface area contributed by atoms with Crippen molar-refractivity contribution in [1.82, 2.24) is 0 Å². The molecule has 0 aliphatic carbocycles. The molecule has 3 N–H and O–H groups in total. The number of thiophene rings is 1. The number of carboxylic acid groups (broad SMARTS) is 1. The average molecular weight is 460 g/mol. The molecular weight excluding hydrogens is 442 g/mol. The molecule has 1 atom stereocenters. The molecule has 31 heavy (non-hydrogen) atoms. The van der Waals surface area contributed by atoms with E-state index in [-0.39, 0.29) is 34.5 Å². The first-order chi connectivity index (χ1) is 14.8. The highest BCUT2D eigenvalue weighted by molar-refractivity contribution is 7.15. The molecule has 1 aliphatic rings. The fourth-order valence-electron chi connectivity index (χ4n) is 3.71. The number of carbonyl (C=O) groups excluding carboxylic acids is 1. The van der Waals surface area contributed by atoms with E-state index in [1.165, 1.54) is 14.2 Å². The highest BCUT2D eigenvalue weighted by Gasteiger charge is 2.35. The molecule has 1 amide bonds. The van der Waals surface area contributed by atoms with Gasteiger partial charge in [0.05, 0.1) is 19.9 Å². The first-order valence-corrected chi connectivity index (χ1v) is 10.4. The molecule has 0 saturated carbocycles. The monoisotopic (exact) mass is 459 g/mol. The number of nitrogens with one attached hydrogen (secondary N) is 1. The van der Waals surface area contributed by atoms with E-state index in [0.29, 0.717) is 32.3 Å². The number of amides is 1. The Labute approximate surface area is 186 Å². The van der Waals surface area contributed by atoms with Gasteiger partial charge in [-0.25, -0.2) is 4.79 Å². The summed E-state index contributed by atoms with van der Waals surface area (Å²) in [6.45, 7) is 0. The lowest BCUT2D eigenvalue weighted by Gasteiger charge is -2.25. The van der Waals surface area contributed by atoms with Crippen LogP contribution in [0.15, 0.2) is 36.4 Å². The Morgan fingerprint density at radius 3 is 2.32 bits per heavy atom. The summed E-state index contributed by atoms with van der Waals surface area (Å²) in [5.74, 6) is -1.50. The van der Waals surface area contributed by atoms with Crippen molar-refractivity contribution in [2.24, 2.45) is 0 Å². The molecule has 2 heterocycles. The lowest BCUT2D eigenvalue weighted by molar-refractivity contribution is -0.116. The van der Waals surface area contributed by atoms with Crippen LogP contribution >= 0.6 is 22.9 Å². The third kappa shape index (κ3) is 3.68. The second-order valence-corrected chi connectivity index (χ2v) is 8.43. The molecule has 7 nitrogen and oxygen atoms in total. The van der Waals surface area contributed by atoms with Crippen LogP contribution in [0.25, 0.3) is 11.1 Å². The molecule has 0 spiro atoms. The van der Waals surface area contributed by atoms with Gasteiger partial charge in [-0.15, -0.1) is 11.3 Å². The van der Waals surface area contributed by atoms with Gasteiger partial charge in [0, 0.05) is 27.8 Å². The van der Waals surface area contributed by atoms with Crippen LogP contribution < -0.4 is 14.8 Å². The number of carboxylic acids is 1. The van der Waals surface area contributed by atoms with Crippen molar-refractivity contribution >= 4 is 40.5 Å². The average Bonchev–Trinajstić information content (AvgIpc) is 3.13. The number of carbonyl (C=O) groups is 2. The minimum absolute atomic E-state index is 0.115. The van der Waals surface area contributed by atoms with E-state index < -0.39 is 11.9 Å². The summed E-state index contributed by atoms with van der Waals surface area (Å²) >= 11 is 7.10. The van der Waals surface area contributed by atoms with Crippen LogP contribution in [0.1, 0.15) is 32.5 Å². The largest absolute Gasteiger partial charge is 0.502 e. The van der Waals surface area contributed by atoms with Crippen LogP contribution in [0.2, 0.25) is 5.02 Å². The molecule has 160 valence electrons. The van der Waals surface area contributed by atoms with Crippen molar-refractivity contribution in [2.45, 2.75) is 12.3 Å². The van der Waals surface area contributed by atoms with Crippen LogP contribution in [0, 0.1) is 0 Å². The van der Waals surface area contributed by atoms with Gasteiger partial charge in [0.2, 0.25) is 11.7 Å². The highest BCUT2D eigenvalue weighted by atomic mass is 35.5. The van der Waals surface area contributed by atoms with Gasteiger partial charge in [-0.1, -0.05) is 23.7 Å². The summed E-state index contributed by atoms with van der Waals surface area (Å²) in [7, 11) is 2.84. The highest BCUT2D eigenvalue weighted by Crippen LogP contribution is 2.51. The van der Waals surface area contributed by atoms with Gasteiger partial charge in [0.15, 0.2) is 11.5 Å². The van der Waals surface area contributed by atoms with Gasteiger partial charge in [0.1, 0.15) is 4.88 Å². The number of methoxy groups -OCH3 is 2. The van der Waals surface area contributed by atoms with E-state index in [1.54, 1.807) is 36.4 Å². The number of phenols is 1. The molecule has 0 saturated heterocycles. The van der Waals surface area contributed by atoms with Crippen molar-refractivity contribution in [3.63, 3.8) is 0 Å². The number of halogens is 1. The maximum absolute atomic E-state index is 12.6. The zero-order valence-electron chi connectivity index (χ0n) is 16.6. The Hall–Kier alpha value is -3.23. The zero-order valence-corrected chi connectivity index (χ0v) is 18.1. The molecule has 9 heteroatoms. The molecule has 1 aliphatic heterocycles. The van der Waals surface area contributed by atoms with Crippen LogP contribution in [0.5, 0.6) is 17.2 Å². The van der Waals surface area contributed by atoms with Crippen molar-refractivity contribution in [2.75, 3.05) is 19.5 Å². The summed E-state index contributed by atoms with van der Waals surface area (Å²) in [4.78, 5) is 25.5. The van der Waals surface area contributed by atoms with E-state index >= 15 is 0 Å². The quantitative estimate of drug-likeness (QED) is 0.498. The number of ether oxygens (including phenoxy) is 2. The summed E-state index contributed by atoms with van der Waals surface area (Å²) in [5, 5.41) is 23.5. The van der Waals surface area contributed by atoms with E-state index in [4.69, 9.17) is 21.1 Å². The lowest BCUT2D eigenvalue weighted by Crippen LogP contribution is -2.22. The van der Waals surface area contributed by atoms with E-state index in [1.807, 2.05) is 0 Å². The maximum Gasteiger partial charge on any atom is 0.346 e. The van der Waals surface area contributed by atoms with Gasteiger partial charge in [0.25, 0.3) is 0 Å². The number of anilines is 1. The summed E-state index contributed by atoms with van der Waals surface area (Å²) in [6, 6.07) is 10.0. The SMILES string of the molecule is COc1cc(C2CC(=O)Nc3c2sc(C(=O)O)c3-c2ccc(Cl)cc2)cc(OC)c1O. The Morgan fingerprint density at radius 2 is 1.77 bits per heavy atom. The first-order valence-electron chi connectivity index (χ1n) is 9.24. The molecule has 3 aromatic rings. The van der Waals surface area contributed by atoms with Gasteiger partial charge < -0.3 is 25.0 Å². The van der Waals surface area contributed by atoms with Gasteiger partial charge in [-0.05, 0) is 35.4 Å². The summed E-state index contributed by atoms with van der Waals surface area (Å²) in [5.41, 5.74) is 2.22. The number of aromatic carboxylic acids is 1. The Kier molecular flexibility index (Phi) is 5.51. The molecule has 4 rings (SSSR count). The van der Waals surface area contributed by atoms with Gasteiger partial charge >= 0.3 is 5.97 Å². The van der Waals surface area contributed by atoms with Crippen molar-refractivity contribution in [1.29, 1.82) is 0 Å². The minimum atomic E-state index is -1.08. The Bertz CT molecular complexity index is 1160. The number of aromatic hydroxyl groups is 1. The fourth-order valence-corrected chi connectivity index (χ4v) is 5.09. The number of fused-ring (bicyclic) bond motifs is 1. The van der Waals surface area contributed by atoms with E-state index in [0.717, 1.165) is 11.3 Å². The number of hydrogen-bond donors (Lipinski definition) is 3. The normalized spacial score (nSPS) is 15.2. The second kappa shape index (κ2) is 8.13. The third-order valence-electron chi connectivity index (χ3n) is 5.14. The number of rotatable bonds is 5. The number of hydrogen-bond acceptors (Lipinski definition) is 6. The first kappa shape index (κ1) is 21.0. The fraction of sp³-hybridized carbons (Fsp3) is 0.182. The Morgan fingerprint density at radius 1 is 1.16 bits per heavy atom. The molecule has 2 aromatic carbocycles. The van der Waals surface area contributed by atoms with Gasteiger partial charge in [-0.3, -0.25) is 4.79 Å². The number of phenolic OH excluding ortho intramolecular Hbond substituents is 1. The minimum Gasteiger partial charge on any atom is -0.502 e. The smallest absolute Gasteiger partial charge is 0.346 e. The summed E-state index contributed by atoms with van der Waals surface area (Å²) in [6.07, 6.45) is 0.115. The third-order valence-corrected chi connectivity index (χ3v) is 6.68. The van der Waals surface area contributed by atoms with E-state index in [2.05, 4.69) is 5.32 Å². The molecule has 0 radical (unpaired) electrons. The van der Waals surface area contributed by atoms with E-state index in [9.17, 15) is 19.8 Å². The number of benzene rings is 2. The van der Waals surface area contributed by atoms with Crippen molar-refractivity contribution < 1.29 is 29.3 Å². The molecule has 0 bridgehead atoms.